The Balaban J connectivity index is 2.53. The van der Waals surface area contributed by atoms with E-state index in [4.69, 9.17) is 5.73 Å². The van der Waals surface area contributed by atoms with Crippen LogP contribution in [0.2, 0.25) is 0 Å². The molecule has 1 aromatic heterocycles. The van der Waals surface area contributed by atoms with Gasteiger partial charge in [0.15, 0.2) is 5.82 Å². The number of nitrogen functional groups attached to an aromatic ring is 1. The fourth-order valence-electron chi connectivity index (χ4n) is 1.79. The first kappa shape index (κ1) is 14.4. The Morgan fingerprint density at radius 2 is 1.80 bits per heavy atom. The molecular formula is C15H17F2N3. The van der Waals surface area contributed by atoms with Crippen LogP contribution >= 0.6 is 0 Å². The highest BCUT2D eigenvalue weighted by Crippen LogP contribution is 2.27. The molecular weight excluding hydrogens is 260 g/mol. The smallest absolute Gasteiger partial charge is 0.263 e. The van der Waals surface area contributed by atoms with Gasteiger partial charge >= 0.3 is 0 Å². The van der Waals surface area contributed by atoms with Crippen LogP contribution in [0.4, 0.5) is 14.6 Å². The minimum Gasteiger partial charge on any atom is -0.384 e. The van der Waals surface area contributed by atoms with E-state index >= 15 is 0 Å². The van der Waals surface area contributed by atoms with Crippen molar-refractivity contribution in [2.24, 2.45) is 0 Å². The number of rotatable bonds is 2. The van der Waals surface area contributed by atoms with Gasteiger partial charge in [0.1, 0.15) is 5.82 Å². The summed E-state index contributed by atoms with van der Waals surface area (Å²) in [6.45, 7) is 6.02. The molecule has 0 aliphatic rings. The van der Waals surface area contributed by atoms with Crippen LogP contribution in [-0.4, -0.2) is 9.97 Å². The van der Waals surface area contributed by atoms with E-state index < -0.39 is 6.43 Å². The van der Waals surface area contributed by atoms with E-state index in [-0.39, 0.29) is 11.0 Å². The van der Waals surface area contributed by atoms with Crippen molar-refractivity contribution in [3.63, 3.8) is 0 Å². The topological polar surface area (TPSA) is 51.8 Å². The van der Waals surface area contributed by atoms with Crippen molar-refractivity contribution in [1.29, 1.82) is 0 Å². The van der Waals surface area contributed by atoms with Gasteiger partial charge in [-0.05, 0) is 6.07 Å². The number of aromatic nitrogens is 2. The molecule has 0 amide bonds. The molecule has 0 atom stereocenters. The Morgan fingerprint density at radius 3 is 2.40 bits per heavy atom. The summed E-state index contributed by atoms with van der Waals surface area (Å²) in [6, 6.07) is 7.75. The second-order valence-electron chi connectivity index (χ2n) is 5.68. The lowest BCUT2D eigenvalue weighted by atomic mass is 9.92. The van der Waals surface area contributed by atoms with Crippen LogP contribution in [0.3, 0.4) is 0 Å². The van der Waals surface area contributed by atoms with E-state index in [2.05, 4.69) is 9.97 Å². The molecule has 0 aliphatic carbocycles. The Labute approximate surface area is 116 Å². The van der Waals surface area contributed by atoms with E-state index in [0.717, 1.165) is 5.69 Å². The summed E-state index contributed by atoms with van der Waals surface area (Å²) in [5.74, 6) is 0.708. The zero-order chi connectivity index (χ0) is 14.9. The quantitative estimate of drug-likeness (QED) is 0.904. The molecule has 0 spiro atoms. The van der Waals surface area contributed by atoms with E-state index in [1.165, 1.54) is 12.1 Å². The van der Waals surface area contributed by atoms with Gasteiger partial charge in [-0.3, -0.25) is 0 Å². The highest BCUT2D eigenvalue weighted by molar-refractivity contribution is 5.58. The number of halogens is 2. The van der Waals surface area contributed by atoms with Crippen molar-refractivity contribution in [3.05, 3.63) is 41.6 Å². The lowest BCUT2D eigenvalue weighted by Gasteiger charge is -2.18. The molecule has 0 saturated heterocycles. The SMILES string of the molecule is CC(C)(C)c1cc(N)nc(-c2cccc(C(F)F)c2)n1. The molecule has 20 heavy (non-hydrogen) atoms. The molecule has 2 aromatic rings. The molecule has 0 bridgehead atoms. The Hall–Kier alpha value is -2.04. The van der Waals surface area contributed by atoms with Gasteiger partial charge in [0.2, 0.25) is 0 Å². The standard InChI is InChI=1S/C15H17F2N3/c1-15(2,3)11-8-12(18)20-14(19-11)10-6-4-5-9(7-10)13(16)17/h4-8,13H,1-3H3,(H2,18,19,20). The Kier molecular flexibility index (Phi) is 3.70. The number of alkyl halides is 2. The van der Waals surface area contributed by atoms with Crippen LogP contribution in [0.1, 0.15) is 38.5 Å². The van der Waals surface area contributed by atoms with Gasteiger partial charge in [-0.2, -0.15) is 0 Å². The molecule has 2 N–H and O–H groups in total. The maximum absolute atomic E-state index is 12.7. The van der Waals surface area contributed by atoms with Gasteiger partial charge in [-0.25, -0.2) is 18.7 Å². The molecule has 5 heteroatoms. The first-order chi connectivity index (χ1) is 9.27. The third-order valence-corrected chi connectivity index (χ3v) is 2.91. The van der Waals surface area contributed by atoms with Gasteiger partial charge in [0, 0.05) is 22.6 Å². The summed E-state index contributed by atoms with van der Waals surface area (Å²) < 4.78 is 25.5. The monoisotopic (exact) mass is 277 g/mol. The van der Waals surface area contributed by atoms with Crippen molar-refractivity contribution in [2.75, 3.05) is 5.73 Å². The average molecular weight is 277 g/mol. The van der Waals surface area contributed by atoms with E-state index in [9.17, 15) is 8.78 Å². The Morgan fingerprint density at radius 1 is 1.10 bits per heavy atom. The normalized spacial score (nSPS) is 11.9. The zero-order valence-electron chi connectivity index (χ0n) is 11.7. The van der Waals surface area contributed by atoms with Crippen LogP contribution in [0.15, 0.2) is 30.3 Å². The van der Waals surface area contributed by atoms with Crippen molar-refractivity contribution < 1.29 is 8.78 Å². The van der Waals surface area contributed by atoms with Gasteiger partial charge in [0.05, 0.1) is 5.69 Å². The summed E-state index contributed by atoms with van der Waals surface area (Å²) >= 11 is 0. The molecule has 106 valence electrons. The number of hydrogen-bond acceptors (Lipinski definition) is 3. The highest BCUT2D eigenvalue weighted by atomic mass is 19.3. The number of nitrogens with two attached hydrogens (primary N) is 1. The van der Waals surface area contributed by atoms with E-state index in [1.54, 1.807) is 18.2 Å². The third kappa shape index (κ3) is 3.10. The number of nitrogens with zero attached hydrogens (tertiary/aromatic N) is 2. The lowest BCUT2D eigenvalue weighted by Crippen LogP contribution is -2.15. The van der Waals surface area contributed by atoms with Crippen LogP contribution < -0.4 is 5.73 Å². The predicted octanol–water partition coefficient (Wildman–Crippen LogP) is 3.96. The summed E-state index contributed by atoms with van der Waals surface area (Å²) in [5, 5.41) is 0. The predicted molar refractivity (Wildman–Crippen MR) is 75.5 cm³/mol. The van der Waals surface area contributed by atoms with E-state index in [0.29, 0.717) is 17.2 Å². The summed E-state index contributed by atoms with van der Waals surface area (Å²) in [5.41, 5.74) is 6.88. The summed E-state index contributed by atoms with van der Waals surface area (Å²) in [7, 11) is 0. The number of anilines is 1. The molecule has 0 aliphatic heterocycles. The fraction of sp³-hybridized carbons (Fsp3) is 0.333. The zero-order valence-corrected chi connectivity index (χ0v) is 11.7. The van der Waals surface area contributed by atoms with Gasteiger partial charge in [-0.1, -0.05) is 39.0 Å². The molecule has 2 rings (SSSR count). The first-order valence-corrected chi connectivity index (χ1v) is 6.31. The van der Waals surface area contributed by atoms with Crippen molar-refractivity contribution >= 4 is 5.82 Å². The van der Waals surface area contributed by atoms with Crippen molar-refractivity contribution in [3.8, 4) is 11.4 Å². The van der Waals surface area contributed by atoms with Crippen LogP contribution in [-0.2, 0) is 5.41 Å². The second-order valence-corrected chi connectivity index (χ2v) is 5.68. The van der Waals surface area contributed by atoms with Gasteiger partial charge < -0.3 is 5.73 Å². The fourth-order valence-corrected chi connectivity index (χ4v) is 1.79. The molecule has 0 fully saturated rings. The van der Waals surface area contributed by atoms with Crippen molar-refractivity contribution in [2.45, 2.75) is 32.6 Å². The molecule has 0 unspecified atom stereocenters. The van der Waals surface area contributed by atoms with Gasteiger partial charge in [0.25, 0.3) is 6.43 Å². The maximum atomic E-state index is 12.7. The first-order valence-electron chi connectivity index (χ1n) is 6.31. The van der Waals surface area contributed by atoms with Crippen molar-refractivity contribution in [1.82, 2.24) is 9.97 Å². The molecule has 0 saturated carbocycles. The third-order valence-electron chi connectivity index (χ3n) is 2.91. The lowest BCUT2D eigenvalue weighted by molar-refractivity contribution is 0.151. The summed E-state index contributed by atoms with van der Waals surface area (Å²) in [4.78, 5) is 8.58. The van der Waals surface area contributed by atoms with E-state index in [1.807, 2.05) is 20.8 Å². The van der Waals surface area contributed by atoms with Crippen LogP contribution in [0.25, 0.3) is 11.4 Å². The Bertz CT molecular complexity index is 619. The molecule has 1 aromatic carbocycles. The molecule has 1 heterocycles. The maximum Gasteiger partial charge on any atom is 0.263 e. The number of hydrogen-bond donors (Lipinski definition) is 1. The molecule has 0 radical (unpaired) electrons. The average Bonchev–Trinajstić information content (AvgIpc) is 2.37. The van der Waals surface area contributed by atoms with Crippen LogP contribution in [0.5, 0.6) is 0 Å². The summed E-state index contributed by atoms with van der Waals surface area (Å²) in [6.07, 6.45) is -2.52. The minimum atomic E-state index is -2.52. The second kappa shape index (κ2) is 5.15. The van der Waals surface area contributed by atoms with Gasteiger partial charge in [-0.15, -0.1) is 0 Å². The number of benzene rings is 1. The van der Waals surface area contributed by atoms with Crippen LogP contribution in [0, 0.1) is 0 Å². The largest absolute Gasteiger partial charge is 0.384 e. The minimum absolute atomic E-state index is 0.0502. The highest BCUT2D eigenvalue weighted by Gasteiger charge is 2.18. The molecule has 3 nitrogen and oxygen atoms in total.